The summed E-state index contributed by atoms with van der Waals surface area (Å²) >= 11 is 9.21. The van der Waals surface area contributed by atoms with E-state index in [1.54, 1.807) is 18.2 Å². The SMILES string of the molecule is CCNC(c1ccc(Br)cc1F)c1cc(Cl)cnc1N. The number of pyridine rings is 1. The van der Waals surface area contributed by atoms with Gasteiger partial charge >= 0.3 is 0 Å². The summed E-state index contributed by atoms with van der Waals surface area (Å²) < 4.78 is 14.9. The van der Waals surface area contributed by atoms with Gasteiger partial charge in [0.1, 0.15) is 11.6 Å². The number of anilines is 1. The molecule has 0 aliphatic heterocycles. The van der Waals surface area contributed by atoms with Gasteiger partial charge in [0.05, 0.1) is 11.1 Å². The minimum Gasteiger partial charge on any atom is -0.383 e. The predicted molar refractivity (Wildman–Crippen MR) is 83.3 cm³/mol. The summed E-state index contributed by atoms with van der Waals surface area (Å²) in [5.41, 5.74) is 7.07. The number of nitrogens with two attached hydrogens (primary N) is 1. The van der Waals surface area contributed by atoms with Gasteiger partial charge in [0.15, 0.2) is 0 Å². The summed E-state index contributed by atoms with van der Waals surface area (Å²) in [7, 11) is 0. The van der Waals surface area contributed by atoms with Crippen LogP contribution >= 0.6 is 27.5 Å². The molecule has 2 aromatic rings. The summed E-state index contributed by atoms with van der Waals surface area (Å²) in [4.78, 5) is 4.03. The van der Waals surface area contributed by atoms with Crippen LogP contribution in [-0.2, 0) is 0 Å². The molecule has 3 nitrogen and oxygen atoms in total. The summed E-state index contributed by atoms with van der Waals surface area (Å²) in [6.45, 7) is 2.60. The lowest BCUT2D eigenvalue weighted by Gasteiger charge is -2.21. The van der Waals surface area contributed by atoms with Gasteiger partial charge in [-0.25, -0.2) is 9.37 Å². The Bertz CT molecular complexity index is 621. The normalized spacial score (nSPS) is 12.4. The highest BCUT2D eigenvalue weighted by atomic mass is 79.9. The van der Waals surface area contributed by atoms with Crippen LogP contribution in [0.5, 0.6) is 0 Å². The molecule has 6 heteroatoms. The molecular weight excluding hydrogens is 345 g/mol. The Morgan fingerprint density at radius 3 is 2.80 bits per heavy atom. The molecule has 1 atom stereocenters. The molecule has 0 radical (unpaired) electrons. The molecule has 1 aromatic carbocycles. The third-order valence-electron chi connectivity index (χ3n) is 2.91. The van der Waals surface area contributed by atoms with Crippen molar-refractivity contribution < 1.29 is 4.39 Å². The summed E-state index contributed by atoms with van der Waals surface area (Å²) in [6.07, 6.45) is 1.47. The van der Waals surface area contributed by atoms with Crippen LogP contribution < -0.4 is 11.1 Å². The zero-order valence-corrected chi connectivity index (χ0v) is 13.2. The Balaban J connectivity index is 2.53. The highest BCUT2D eigenvalue weighted by Crippen LogP contribution is 2.30. The number of halogens is 3. The van der Waals surface area contributed by atoms with E-state index in [0.29, 0.717) is 33.0 Å². The zero-order chi connectivity index (χ0) is 14.7. The van der Waals surface area contributed by atoms with Crippen LogP contribution in [0.3, 0.4) is 0 Å². The fourth-order valence-corrected chi connectivity index (χ4v) is 2.52. The topological polar surface area (TPSA) is 50.9 Å². The Morgan fingerprint density at radius 1 is 1.40 bits per heavy atom. The lowest BCUT2D eigenvalue weighted by atomic mass is 9.98. The summed E-state index contributed by atoms with van der Waals surface area (Å²) in [5, 5.41) is 3.68. The molecule has 1 heterocycles. The van der Waals surface area contributed by atoms with Crippen molar-refractivity contribution in [3.05, 3.63) is 56.9 Å². The average molecular weight is 359 g/mol. The van der Waals surface area contributed by atoms with E-state index in [2.05, 4.69) is 26.2 Å². The van der Waals surface area contributed by atoms with E-state index in [1.807, 2.05) is 6.92 Å². The van der Waals surface area contributed by atoms with Gasteiger partial charge in [0.2, 0.25) is 0 Å². The van der Waals surface area contributed by atoms with Gasteiger partial charge in [-0.3, -0.25) is 0 Å². The molecule has 1 aromatic heterocycles. The van der Waals surface area contributed by atoms with E-state index in [0.717, 1.165) is 0 Å². The Hall–Kier alpha value is -1.17. The molecule has 0 aliphatic carbocycles. The first-order valence-electron chi connectivity index (χ1n) is 6.12. The second-order valence-electron chi connectivity index (χ2n) is 4.28. The highest BCUT2D eigenvalue weighted by molar-refractivity contribution is 9.10. The highest BCUT2D eigenvalue weighted by Gasteiger charge is 2.20. The molecule has 0 amide bonds. The quantitative estimate of drug-likeness (QED) is 0.871. The molecule has 0 spiro atoms. The van der Waals surface area contributed by atoms with Crippen LogP contribution in [0, 0.1) is 5.82 Å². The smallest absolute Gasteiger partial charge is 0.129 e. The van der Waals surface area contributed by atoms with Crippen LogP contribution in [0.25, 0.3) is 0 Å². The van der Waals surface area contributed by atoms with E-state index in [9.17, 15) is 4.39 Å². The van der Waals surface area contributed by atoms with Crippen LogP contribution in [0.15, 0.2) is 34.9 Å². The molecule has 0 saturated carbocycles. The Labute approximate surface area is 130 Å². The lowest BCUT2D eigenvalue weighted by Crippen LogP contribution is -2.24. The standard InChI is InChI=1S/C14H14BrClFN3/c1-2-19-13(10-4-3-8(15)5-12(10)17)11-6-9(16)7-20-14(11)18/h3-7,13,19H,2H2,1H3,(H2,18,20). The maximum Gasteiger partial charge on any atom is 0.129 e. The van der Waals surface area contributed by atoms with Crippen molar-refractivity contribution in [2.45, 2.75) is 13.0 Å². The molecule has 3 N–H and O–H groups in total. The number of nitrogen functional groups attached to an aromatic ring is 1. The van der Waals surface area contributed by atoms with E-state index in [-0.39, 0.29) is 11.9 Å². The van der Waals surface area contributed by atoms with Gasteiger partial charge in [-0.15, -0.1) is 0 Å². The first kappa shape index (κ1) is 15.2. The van der Waals surface area contributed by atoms with Crippen molar-refractivity contribution in [1.29, 1.82) is 0 Å². The van der Waals surface area contributed by atoms with Crippen molar-refractivity contribution in [3.63, 3.8) is 0 Å². The van der Waals surface area contributed by atoms with Crippen molar-refractivity contribution in [2.24, 2.45) is 0 Å². The van der Waals surface area contributed by atoms with E-state index < -0.39 is 0 Å². The second-order valence-corrected chi connectivity index (χ2v) is 5.64. The first-order chi connectivity index (χ1) is 9.52. The van der Waals surface area contributed by atoms with Gasteiger partial charge in [-0.1, -0.05) is 40.5 Å². The van der Waals surface area contributed by atoms with E-state index >= 15 is 0 Å². The van der Waals surface area contributed by atoms with E-state index in [4.69, 9.17) is 17.3 Å². The molecule has 0 aliphatic rings. The number of hydrogen-bond donors (Lipinski definition) is 2. The van der Waals surface area contributed by atoms with Crippen LogP contribution in [0.1, 0.15) is 24.1 Å². The van der Waals surface area contributed by atoms with Crippen LogP contribution in [-0.4, -0.2) is 11.5 Å². The van der Waals surface area contributed by atoms with Crippen molar-refractivity contribution in [2.75, 3.05) is 12.3 Å². The number of aromatic nitrogens is 1. The minimum atomic E-state index is -0.390. The van der Waals surface area contributed by atoms with Crippen molar-refractivity contribution >= 4 is 33.3 Å². The molecular formula is C14H14BrClFN3. The maximum atomic E-state index is 14.2. The Kier molecular flexibility index (Phi) is 4.96. The molecule has 1 unspecified atom stereocenters. The molecule has 20 heavy (non-hydrogen) atoms. The molecule has 2 rings (SSSR count). The third kappa shape index (κ3) is 3.29. The molecule has 0 bridgehead atoms. The maximum absolute atomic E-state index is 14.2. The molecule has 0 fully saturated rings. The minimum absolute atomic E-state index is 0.315. The molecule has 0 saturated heterocycles. The number of hydrogen-bond acceptors (Lipinski definition) is 3. The van der Waals surface area contributed by atoms with Gasteiger partial charge in [-0.05, 0) is 24.7 Å². The lowest BCUT2D eigenvalue weighted by molar-refractivity contribution is 0.558. The first-order valence-corrected chi connectivity index (χ1v) is 7.29. The van der Waals surface area contributed by atoms with E-state index in [1.165, 1.54) is 12.3 Å². The molecule has 106 valence electrons. The van der Waals surface area contributed by atoms with Crippen molar-refractivity contribution in [1.82, 2.24) is 10.3 Å². The Morgan fingerprint density at radius 2 is 2.15 bits per heavy atom. The average Bonchev–Trinajstić information content (AvgIpc) is 2.40. The van der Waals surface area contributed by atoms with Gasteiger partial charge in [-0.2, -0.15) is 0 Å². The number of nitrogens with one attached hydrogen (secondary N) is 1. The zero-order valence-electron chi connectivity index (χ0n) is 10.8. The predicted octanol–water partition coefficient (Wildman–Crippen LogP) is 3.92. The van der Waals surface area contributed by atoms with Gasteiger partial charge in [0.25, 0.3) is 0 Å². The van der Waals surface area contributed by atoms with Crippen LogP contribution in [0.2, 0.25) is 5.02 Å². The number of rotatable bonds is 4. The fourth-order valence-electron chi connectivity index (χ4n) is 2.02. The number of nitrogens with zero attached hydrogens (tertiary/aromatic N) is 1. The number of benzene rings is 1. The fraction of sp³-hybridized carbons (Fsp3) is 0.214. The van der Waals surface area contributed by atoms with Gasteiger partial charge < -0.3 is 11.1 Å². The summed E-state index contributed by atoms with van der Waals surface area (Å²) in [6, 6.07) is 6.25. The largest absolute Gasteiger partial charge is 0.383 e. The van der Waals surface area contributed by atoms with Crippen LogP contribution in [0.4, 0.5) is 10.2 Å². The van der Waals surface area contributed by atoms with Gasteiger partial charge in [0, 0.05) is 21.8 Å². The van der Waals surface area contributed by atoms with Crippen molar-refractivity contribution in [3.8, 4) is 0 Å². The second kappa shape index (κ2) is 6.52. The monoisotopic (exact) mass is 357 g/mol. The summed E-state index contributed by atoms with van der Waals surface area (Å²) in [5.74, 6) is 0.0207. The third-order valence-corrected chi connectivity index (χ3v) is 3.61.